The molecule has 226 valence electrons. The molecule has 12 heteroatoms. The maximum atomic E-state index is 12.4. The number of hydrogen-bond donors (Lipinski definition) is 8. The molecule has 0 aliphatic rings. The number of rotatable bonds is 23. The van der Waals surface area contributed by atoms with Gasteiger partial charge in [-0.25, -0.2) is 0 Å². The van der Waals surface area contributed by atoms with Crippen LogP contribution in [-0.4, -0.2) is 115 Å². The van der Waals surface area contributed by atoms with Crippen LogP contribution in [0.15, 0.2) is 0 Å². The van der Waals surface area contributed by atoms with Crippen molar-refractivity contribution in [1.29, 1.82) is 0 Å². The monoisotopic (exact) mass is 554 g/mol. The van der Waals surface area contributed by atoms with Gasteiger partial charge in [0.05, 0.1) is 37.8 Å². The minimum Gasteiger partial charge on any atom is -0.463 e. The Bertz CT molecular complexity index is 619. The number of aliphatic hydroxyl groups is 8. The van der Waals surface area contributed by atoms with Gasteiger partial charge in [0.15, 0.2) is 0 Å². The molecule has 0 saturated heterocycles. The molecule has 0 fully saturated rings. The molecule has 0 aromatic heterocycles. The maximum absolute atomic E-state index is 12.4. The number of carbonyl (C=O) groups excluding carboxylic acids is 2. The predicted molar refractivity (Wildman–Crippen MR) is 137 cm³/mol. The number of aliphatic hydroxyl groups excluding tert-OH is 8. The lowest BCUT2D eigenvalue weighted by molar-refractivity contribution is -0.159. The lowest BCUT2D eigenvalue weighted by Gasteiger charge is -2.25. The first-order valence-corrected chi connectivity index (χ1v) is 13.7. The van der Waals surface area contributed by atoms with Gasteiger partial charge in [-0.15, -0.1) is 0 Å². The van der Waals surface area contributed by atoms with Gasteiger partial charge >= 0.3 is 11.9 Å². The van der Waals surface area contributed by atoms with E-state index in [1.807, 2.05) is 13.8 Å². The van der Waals surface area contributed by atoms with Crippen LogP contribution in [0.2, 0.25) is 0 Å². The van der Waals surface area contributed by atoms with Crippen molar-refractivity contribution in [3.8, 4) is 0 Å². The average Bonchev–Trinajstić information content (AvgIpc) is 2.85. The second-order valence-electron chi connectivity index (χ2n) is 9.93. The number of esters is 2. The van der Waals surface area contributed by atoms with Gasteiger partial charge in [0.1, 0.15) is 37.1 Å². The van der Waals surface area contributed by atoms with Gasteiger partial charge in [0.2, 0.25) is 0 Å². The Hall–Kier alpha value is -1.38. The summed E-state index contributed by atoms with van der Waals surface area (Å²) in [4.78, 5) is 24.4. The van der Waals surface area contributed by atoms with E-state index in [0.717, 1.165) is 38.5 Å². The quantitative estimate of drug-likeness (QED) is 0.0603. The van der Waals surface area contributed by atoms with E-state index in [4.69, 9.17) is 14.6 Å². The van der Waals surface area contributed by atoms with Gasteiger partial charge in [0, 0.05) is 6.42 Å². The molecule has 8 N–H and O–H groups in total. The van der Waals surface area contributed by atoms with Gasteiger partial charge in [-0.3, -0.25) is 9.59 Å². The first-order valence-electron chi connectivity index (χ1n) is 13.7. The second-order valence-corrected chi connectivity index (χ2v) is 9.93. The van der Waals surface area contributed by atoms with E-state index in [9.17, 15) is 45.3 Å². The fourth-order valence-corrected chi connectivity index (χ4v) is 3.90. The van der Waals surface area contributed by atoms with Gasteiger partial charge in [-0.1, -0.05) is 46.0 Å². The summed E-state index contributed by atoms with van der Waals surface area (Å²) in [5, 5.41) is 77.8. The topological polar surface area (TPSA) is 214 Å². The highest BCUT2D eigenvalue weighted by Gasteiger charge is 2.31. The van der Waals surface area contributed by atoms with Gasteiger partial charge in [0.25, 0.3) is 0 Å². The van der Waals surface area contributed by atoms with Crippen molar-refractivity contribution < 1.29 is 59.9 Å². The van der Waals surface area contributed by atoms with Crippen molar-refractivity contribution in [2.75, 3.05) is 13.2 Å². The molecule has 0 amide bonds. The molecule has 0 aromatic carbocycles. The zero-order valence-corrected chi connectivity index (χ0v) is 22.7. The first-order chi connectivity index (χ1) is 17.9. The van der Waals surface area contributed by atoms with E-state index < -0.39 is 80.4 Å². The maximum Gasteiger partial charge on any atom is 0.308 e. The molecule has 0 rings (SSSR count). The zero-order valence-electron chi connectivity index (χ0n) is 22.7. The van der Waals surface area contributed by atoms with Crippen LogP contribution in [0.5, 0.6) is 0 Å². The normalized spacial score (nSPS) is 18.1. The highest BCUT2D eigenvalue weighted by molar-refractivity contribution is 5.70. The van der Waals surface area contributed by atoms with Crippen molar-refractivity contribution in [3.63, 3.8) is 0 Å². The Morgan fingerprint density at radius 2 is 1.18 bits per heavy atom. The minimum absolute atomic E-state index is 0.0598. The Kier molecular flexibility index (Phi) is 20.7. The van der Waals surface area contributed by atoms with Crippen LogP contribution in [-0.2, 0) is 19.1 Å². The fourth-order valence-electron chi connectivity index (χ4n) is 3.90. The molecule has 0 aliphatic heterocycles. The molecule has 0 heterocycles. The molecule has 38 heavy (non-hydrogen) atoms. The Labute approximate surface area is 225 Å². The molecular formula is C26H50O12. The van der Waals surface area contributed by atoms with E-state index in [0.29, 0.717) is 12.8 Å². The van der Waals surface area contributed by atoms with Crippen LogP contribution in [0.25, 0.3) is 0 Å². The van der Waals surface area contributed by atoms with Crippen LogP contribution in [0.4, 0.5) is 0 Å². The largest absolute Gasteiger partial charge is 0.463 e. The summed E-state index contributed by atoms with van der Waals surface area (Å²) in [6.45, 7) is 2.48. The average molecular weight is 555 g/mol. The lowest BCUT2D eigenvalue weighted by atomic mass is 10.0. The second kappa shape index (κ2) is 21.4. The SMILES string of the molecule is CCCCC[C@@H](O)C[C@H](O)CC(=O)O[C@@H](CCCCC)C[C@H](O)CC(=O)OC[C@H](O)[C@H](O)[C@H](O)[C@H](O)CO. The first kappa shape index (κ1) is 36.6. The van der Waals surface area contributed by atoms with E-state index in [-0.39, 0.29) is 19.3 Å². The summed E-state index contributed by atoms with van der Waals surface area (Å²) in [5.41, 5.74) is 0. The van der Waals surface area contributed by atoms with Crippen molar-refractivity contribution in [2.45, 2.75) is 140 Å². The summed E-state index contributed by atoms with van der Waals surface area (Å²) in [6, 6.07) is 0. The van der Waals surface area contributed by atoms with Crippen LogP contribution in [0.3, 0.4) is 0 Å². The number of unbranched alkanes of at least 4 members (excludes halogenated alkanes) is 4. The summed E-state index contributed by atoms with van der Waals surface area (Å²) in [6.07, 6.45) is -5.37. The Morgan fingerprint density at radius 3 is 1.76 bits per heavy atom. The molecule has 0 saturated carbocycles. The minimum atomic E-state index is -1.88. The van der Waals surface area contributed by atoms with Crippen LogP contribution in [0.1, 0.15) is 90.9 Å². The highest BCUT2D eigenvalue weighted by atomic mass is 16.6. The van der Waals surface area contributed by atoms with E-state index in [1.165, 1.54) is 0 Å². The van der Waals surface area contributed by atoms with Gasteiger partial charge < -0.3 is 50.3 Å². The van der Waals surface area contributed by atoms with Crippen molar-refractivity contribution in [1.82, 2.24) is 0 Å². The zero-order chi connectivity index (χ0) is 29.1. The number of ether oxygens (including phenoxy) is 2. The van der Waals surface area contributed by atoms with Crippen molar-refractivity contribution in [3.05, 3.63) is 0 Å². The smallest absolute Gasteiger partial charge is 0.308 e. The van der Waals surface area contributed by atoms with E-state index in [2.05, 4.69) is 0 Å². The van der Waals surface area contributed by atoms with Crippen LogP contribution >= 0.6 is 0 Å². The third-order valence-electron chi connectivity index (χ3n) is 6.19. The standard InChI is InChI=1S/C26H50O12/c1-3-5-7-9-17(28)11-18(29)14-24(34)38-20(10-8-6-4-2)12-19(30)13-23(33)37-16-22(32)26(36)25(35)21(31)15-27/h17-22,25-32,35-36H,3-16H2,1-2H3/t17-,18+,19+,20+,21-,22+,25-,26+/m1/s1. The van der Waals surface area contributed by atoms with Crippen molar-refractivity contribution >= 4 is 11.9 Å². The van der Waals surface area contributed by atoms with Crippen LogP contribution < -0.4 is 0 Å². The molecule has 0 aliphatic carbocycles. The lowest BCUT2D eigenvalue weighted by Crippen LogP contribution is -2.47. The fraction of sp³-hybridized carbons (Fsp3) is 0.923. The highest BCUT2D eigenvalue weighted by Crippen LogP contribution is 2.17. The molecule has 12 nitrogen and oxygen atoms in total. The third-order valence-corrected chi connectivity index (χ3v) is 6.19. The Morgan fingerprint density at radius 1 is 0.658 bits per heavy atom. The molecule has 0 radical (unpaired) electrons. The summed E-state index contributed by atoms with van der Waals surface area (Å²) in [5.74, 6) is -1.58. The third kappa shape index (κ3) is 17.3. The van der Waals surface area contributed by atoms with Gasteiger partial charge in [-0.2, -0.15) is 0 Å². The summed E-state index contributed by atoms with van der Waals surface area (Å²) >= 11 is 0. The number of hydrogen-bond acceptors (Lipinski definition) is 12. The summed E-state index contributed by atoms with van der Waals surface area (Å²) < 4.78 is 10.3. The van der Waals surface area contributed by atoms with Crippen LogP contribution in [0, 0.1) is 0 Å². The Balaban J connectivity index is 4.69. The molecular weight excluding hydrogens is 504 g/mol. The summed E-state index contributed by atoms with van der Waals surface area (Å²) in [7, 11) is 0. The molecule has 0 spiro atoms. The number of carbonyl (C=O) groups is 2. The predicted octanol–water partition coefficient (Wildman–Crippen LogP) is -0.319. The van der Waals surface area contributed by atoms with E-state index >= 15 is 0 Å². The molecule has 8 atom stereocenters. The molecule has 0 aromatic rings. The van der Waals surface area contributed by atoms with Crippen molar-refractivity contribution in [2.24, 2.45) is 0 Å². The molecule has 0 bridgehead atoms. The van der Waals surface area contributed by atoms with E-state index in [1.54, 1.807) is 0 Å². The molecule has 0 unspecified atom stereocenters. The van der Waals surface area contributed by atoms with Gasteiger partial charge in [-0.05, 0) is 25.7 Å².